The van der Waals surface area contributed by atoms with Crippen LogP contribution in [0.4, 0.5) is 4.39 Å². The number of carbonyl (C=O) groups excluding carboxylic acids is 2. The number of ether oxygens (including phenoxy) is 1. The first-order valence-corrected chi connectivity index (χ1v) is 17.3. The summed E-state index contributed by atoms with van der Waals surface area (Å²) in [5, 5.41) is 10.2. The Hall–Kier alpha value is -4.09. The maximum atomic E-state index is 15.6. The minimum Gasteiger partial charge on any atom is -0.481 e. The second-order valence-corrected chi connectivity index (χ2v) is 13.6. The van der Waals surface area contributed by atoms with Crippen molar-refractivity contribution in [2.24, 2.45) is 0 Å². The standard InChI is InChI=1S/C37H37Cl2FN6O3/c1-49-37-22(17-41-18-24-6-9-32(47)43-24)5-8-31(45-37)28-4-2-3-26(34(28)38)27-11-13-42-36(35(27)39)23-15-21-12-14-46(20-29(21)30(40)16-23)19-25-7-10-33(48)44-25/h2-5,8,11,13,15-16,24-25,41H,6-7,9-10,12,14,17-20H2,1H3,(H,43,47)(H,44,48)/t24-,25+/m0/s1. The van der Waals surface area contributed by atoms with Crippen molar-refractivity contribution >= 4 is 35.0 Å². The molecular weight excluding hydrogens is 666 g/mol. The van der Waals surface area contributed by atoms with Crippen molar-refractivity contribution in [2.45, 2.75) is 57.3 Å². The molecule has 0 aliphatic carbocycles. The Labute approximate surface area is 294 Å². The molecule has 2 aromatic heterocycles. The van der Waals surface area contributed by atoms with Crippen LogP contribution in [-0.4, -0.2) is 65.5 Å². The lowest BCUT2D eigenvalue weighted by molar-refractivity contribution is -0.120. The highest BCUT2D eigenvalue weighted by Gasteiger charge is 2.27. The summed E-state index contributed by atoms with van der Waals surface area (Å²) in [6.45, 7) is 3.19. The molecule has 9 nitrogen and oxygen atoms in total. The van der Waals surface area contributed by atoms with E-state index in [1.165, 1.54) is 6.07 Å². The summed E-state index contributed by atoms with van der Waals surface area (Å²) in [5.41, 5.74) is 6.31. The van der Waals surface area contributed by atoms with Gasteiger partial charge < -0.3 is 20.7 Å². The molecule has 0 saturated carbocycles. The van der Waals surface area contributed by atoms with E-state index in [2.05, 4.69) is 25.8 Å². The smallest absolute Gasteiger partial charge is 0.220 e. The molecule has 0 bridgehead atoms. The van der Waals surface area contributed by atoms with E-state index in [4.69, 9.17) is 32.9 Å². The largest absolute Gasteiger partial charge is 0.481 e. The number of fused-ring (bicyclic) bond motifs is 1. The predicted molar refractivity (Wildman–Crippen MR) is 188 cm³/mol. The number of nitrogens with one attached hydrogen (secondary N) is 3. The van der Waals surface area contributed by atoms with Crippen LogP contribution in [0, 0.1) is 5.82 Å². The van der Waals surface area contributed by atoms with Gasteiger partial charge >= 0.3 is 0 Å². The van der Waals surface area contributed by atoms with Crippen LogP contribution in [-0.2, 0) is 29.1 Å². The van der Waals surface area contributed by atoms with Gasteiger partial charge in [-0.1, -0.05) is 47.5 Å². The molecule has 3 aliphatic heterocycles. The second kappa shape index (κ2) is 14.4. The minimum atomic E-state index is -0.292. The van der Waals surface area contributed by atoms with Gasteiger partial charge in [0.2, 0.25) is 17.7 Å². The van der Waals surface area contributed by atoms with E-state index in [-0.39, 0.29) is 29.7 Å². The van der Waals surface area contributed by atoms with Gasteiger partial charge in [-0.2, -0.15) is 0 Å². The van der Waals surface area contributed by atoms with Crippen LogP contribution >= 0.6 is 23.2 Å². The van der Waals surface area contributed by atoms with Crippen LogP contribution < -0.4 is 20.7 Å². The summed E-state index contributed by atoms with van der Waals surface area (Å²) in [7, 11) is 1.58. The molecule has 7 rings (SSSR count). The fraction of sp³-hybridized carbons (Fsp3) is 0.351. The molecule has 0 radical (unpaired) electrons. The number of amides is 2. The number of rotatable bonds is 10. The van der Waals surface area contributed by atoms with E-state index < -0.39 is 0 Å². The highest BCUT2D eigenvalue weighted by atomic mass is 35.5. The molecule has 254 valence electrons. The molecular formula is C37H37Cl2FN6O3. The van der Waals surface area contributed by atoms with Crippen LogP contribution in [0.3, 0.4) is 0 Å². The number of pyridine rings is 2. The molecule has 4 aromatic rings. The highest BCUT2D eigenvalue weighted by molar-refractivity contribution is 6.39. The van der Waals surface area contributed by atoms with Crippen LogP contribution in [0.15, 0.2) is 54.7 Å². The summed E-state index contributed by atoms with van der Waals surface area (Å²) in [4.78, 5) is 34.7. The zero-order valence-electron chi connectivity index (χ0n) is 27.1. The van der Waals surface area contributed by atoms with Crippen molar-refractivity contribution in [2.75, 3.05) is 26.7 Å². The van der Waals surface area contributed by atoms with Crippen molar-refractivity contribution in [1.82, 2.24) is 30.8 Å². The molecule has 0 spiro atoms. The zero-order valence-corrected chi connectivity index (χ0v) is 28.6. The van der Waals surface area contributed by atoms with Crippen molar-refractivity contribution in [1.29, 1.82) is 0 Å². The molecule has 2 saturated heterocycles. The van der Waals surface area contributed by atoms with Gasteiger partial charge in [-0.25, -0.2) is 9.37 Å². The maximum absolute atomic E-state index is 15.6. The third-order valence-electron chi connectivity index (χ3n) is 9.58. The SMILES string of the molecule is COc1nc(-c2cccc(-c3ccnc(-c4cc(F)c5c(c4)CCN(C[C@H]4CCC(=O)N4)C5)c3Cl)c2Cl)ccc1CNC[C@@H]1CCC(=O)N1. The summed E-state index contributed by atoms with van der Waals surface area (Å²) in [6, 6.07) is 15.1. The predicted octanol–water partition coefficient (Wildman–Crippen LogP) is 5.94. The van der Waals surface area contributed by atoms with Gasteiger partial charge in [0.05, 0.1) is 28.5 Å². The van der Waals surface area contributed by atoms with E-state index >= 15 is 4.39 Å². The molecule has 2 aromatic carbocycles. The Kier molecular flexibility index (Phi) is 9.82. The molecule has 49 heavy (non-hydrogen) atoms. The topological polar surface area (TPSA) is 108 Å². The van der Waals surface area contributed by atoms with Crippen LogP contribution in [0.25, 0.3) is 33.6 Å². The van der Waals surface area contributed by atoms with Crippen molar-refractivity contribution in [3.8, 4) is 39.5 Å². The molecule has 12 heteroatoms. The fourth-order valence-electron chi connectivity index (χ4n) is 7.03. The average molecular weight is 704 g/mol. The Balaban J connectivity index is 1.11. The van der Waals surface area contributed by atoms with Crippen molar-refractivity contribution in [3.05, 3.63) is 87.3 Å². The number of nitrogens with zero attached hydrogens (tertiary/aromatic N) is 3. The van der Waals surface area contributed by atoms with Gasteiger partial charge in [-0.3, -0.25) is 19.5 Å². The summed E-state index contributed by atoms with van der Waals surface area (Å²) >= 11 is 14.1. The first kappa shape index (κ1) is 33.4. The van der Waals surface area contributed by atoms with E-state index in [9.17, 15) is 9.59 Å². The van der Waals surface area contributed by atoms with Crippen LogP contribution in [0.1, 0.15) is 42.4 Å². The number of hydrogen-bond acceptors (Lipinski definition) is 7. The third kappa shape index (κ3) is 7.14. The average Bonchev–Trinajstić information content (AvgIpc) is 3.72. The lowest BCUT2D eigenvalue weighted by Gasteiger charge is -2.31. The third-order valence-corrected chi connectivity index (χ3v) is 10.4. The lowest BCUT2D eigenvalue weighted by atomic mass is 9.94. The van der Waals surface area contributed by atoms with Gasteiger partial charge in [0.25, 0.3) is 0 Å². The molecule has 2 fully saturated rings. The first-order chi connectivity index (χ1) is 23.8. The molecule has 5 heterocycles. The monoisotopic (exact) mass is 702 g/mol. The van der Waals surface area contributed by atoms with E-state index in [0.717, 1.165) is 30.5 Å². The Morgan fingerprint density at radius 2 is 1.71 bits per heavy atom. The van der Waals surface area contributed by atoms with Crippen LogP contribution in [0.2, 0.25) is 10.0 Å². The van der Waals surface area contributed by atoms with Gasteiger partial charge in [-0.15, -0.1) is 0 Å². The molecule has 0 unspecified atom stereocenters. The lowest BCUT2D eigenvalue weighted by Crippen LogP contribution is -2.41. The van der Waals surface area contributed by atoms with Crippen molar-refractivity contribution in [3.63, 3.8) is 0 Å². The Morgan fingerprint density at radius 1 is 0.959 bits per heavy atom. The summed E-state index contributed by atoms with van der Waals surface area (Å²) < 4.78 is 21.3. The number of benzene rings is 2. The zero-order chi connectivity index (χ0) is 34.1. The summed E-state index contributed by atoms with van der Waals surface area (Å²) in [6.07, 6.45) is 5.11. The first-order valence-electron chi connectivity index (χ1n) is 16.6. The second-order valence-electron chi connectivity index (χ2n) is 12.9. The highest BCUT2D eigenvalue weighted by Crippen LogP contribution is 2.42. The fourth-order valence-corrected chi connectivity index (χ4v) is 7.67. The molecule has 2 amide bonds. The van der Waals surface area contributed by atoms with E-state index in [1.807, 2.05) is 36.4 Å². The number of methoxy groups -OCH3 is 1. The molecule has 3 N–H and O–H groups in total. The molecule has 2 atom stereocenters. The Morgan fingerprint density at radius 3 is 2.47 bits per heavy atom. The van der Waals surface area contributed by atoms with Gasteiger partial charge in [0.1, 0.15) is 5.82 Å². The number of carbonyl (C=O) groups is 2. The van der Waals surface area contributed by atoms with E-state index in [0.29, 0.717) is 101 Å². The Bertz CT molecular complexity index is 1920. The van der Waals surface area contributed by atoms with Gasteiger partial charge in [0, 0.05) is 97.2 Å². The van der Waals surface area contributed by atoms with Gasteiger partial charge in [0.15, 0.2) is 0 Å². The minimum absolute atomic E-state index is 0.0847. The quantitative estimate of drug-likeness (QED) is 0.188. The maximum Gasteiger partial charge on any atom is 0.220 e. The van der Waals surface area contributed by atoms with Crippen LogP contribution in [0.5, 0.6) is 5.88 Å². The van der Waals surface area contributed by atoms with Crippen molar-refractivity contribution < 1.29 is 18.7 Å². The number of aromatic nitrogens is 2. The summed E-state index contributed by atoms with van der Waals surface area (Å²) in [5.74, 6) is 0.364. The van der Waals surface area contributed by atoms with Gasteiger partial charge in [-0.05, 0) is 49.1 Å². The normalized spacial score (nSPS) is 19.1. The number of halogens is 3. The van der Waals surface area contributed by atoms with E-state index in [1.54, 1.807) is 19.4 Å². The number of hydrogen-bond donors (Lipinski definition) is 3. The molecule has 3 aliphatic rings.